The van der Waals surface area contributed by atoms with Gasteiger partial charge in [-0.15, -0.1) is 0 Å². The molecule has 1 saturated carbocycles. The van der Waals surface area contributed by atoms with Crippen LogP contribution in [0.15, 0.2) is 18.6 Å². The molecule has 2 unspecified atom stereocenters. The summed E-state index contributed by atoms with van der Waals surface area (Å²) in [5.74, 6) is 1.41. The first-order valence-corrected chi connectivity index (χ1v) is 5.88. The minimum absolute atomic E-state index is 0.642. The molecule has 1 aromatic rings. The van der Waals surface area contributed by atoms with Gasteiger partial charge in [0.2, 0.25) is 0 Å². The number of nitrogens with zero attached hydrogens (tertiary/aromatic N) is 2. The highest BCUT2D eigenvalue weighted by Gasteiger charge is 2.32. The van der Waals surface area contributed by atoms with Gasteiger partial charge in [0.05, 0.1) is 5.69 Å². The molecular weight excluding hydrogens is 186 g/mol. The quantitative estimate of drug-likeness (QED) is 0.747. The van der Waals surface area contributed by atoms with Crippen molar-refractivity contribution >= 4 is 0 Å². The van der Waals surface area contributed by atoms with Crippen molar-refractivity contribution in [3.63, 3.8) is 0 Å². The van der Waals surface area contributed by atoms with Crippen LogP contribution in [0.1, 0.15) is 37.8 Å². The predicted octanol–water partition coefficient (Wildman–Crippen LogP) is 1.97. The molecule has 1 aliphatic carbocycles. The smallest absolute Gasteiger partial charge is 0.0620 e. The molecule has 2 atom stereocenters. The molecule has 15 heavy (non-hydrogen) atoms. The highest BCUT2D eigenvalue weighted by atomic mass is 14.9. The van der Waals surface area contributed by atoms with Crippen molar-refractivity contribution in [3.8, 4) is 0 Å². The van der Waals surface area contributed by atoms with Gasteiger partial charge < -0.3 is 5.32 Å². The molecule has 0 aliphatic heterocycles. The number of nitrogens with one attached hydrogen (secondary N) is 1. The van der Waals surface area contributed by atoms with Crippen LogP contribution in [0.3, 0.4) is 0 Å². The number of aromatic nitrogens is 2. The Kier molecular flexibility index (Phi) is 3.67. The number of rotatable bonds is 5. The maximum absolute atomic E-state index is 4.39. The third-order valence-corrected chi connectivity index (χ3v) is 3.21. The van der Waals surface area contributed by atoms with E-state index < -0.39 is 0 Å². The van der Waals surface area contributed by atoms with E-state index >= 15 is 0 Å². The van der Waals surface area contributed by atoms with Gasteiger partial charge >= 0.3 is 0 Å². The second kappa shape index (κ2) is 5.21. The monoisotopic (exact) mass is 205 g/mol. The van der Waals surface area contributed by atoms with Crippen molar-refractivity contribution < 1.29 is 0 Å². The maximum atomic E-state index is 4.39. The van der Waals surface area contributed by atoms with Crippen LogP contribution in [0.25, 0.3) is 0 Å². The third kappa shape index (κ3) is 2.53. The van der Waals surface area contributed by atoms with E-state index in [4.69, 9.17) is 0 Å². The van der Waals surface area contributed by atoms with E-state index in [1.807, 2.05) is 6.20 Å². The lowest BCUT2D eigenvalue weighted by atomic mass is 9.72. The highest BCUT2D eigenvalue weighted by molar-refractivity contribution is 5.10. The van der Waals surface area contributed by atoms with E-state index in [0.29, 0.717) is 5.92 Å². The Hall–Kier alpha value is -0.960. The number of hydrogen-bond acceptors (Lipinski definition) is 3. The SMILES string of the molecule is CCCNCC1CCC1c1cnccn1. The zero-order valence-electron chi connectivity index (χ0n) is 9.32. The van der Waals surface area contributed by atoms with Gasteiger partial charge in [0, 0.05) is 24.5 Å². The summed E-state index contributed by atoms with van der Waals surface area (Å²) in [5, 5.41) is 3.49. The third-order valence-electron chi connectivity index (χ3n) is 3.21. The predicted molar refractivity (Wildman–Crippen MR) is 60.7 cm³/mol. The molecule has 3 heteroatoms. The maximum Gasteiger partial charge on any atom is 0.0620 e. The summed E-state index contributed by atoms with van der Waals surface area (Å²) in [6.45, 7) is 4.46. The highest BCUT2D eigenvalue weighted by Crippen LogP contribution is 2.40. The number of hydrogen-bond donors (Lipinski definition) is 1. The van der Waals surface area contributed by atoms with E-state index in [-0.39, 0.29) is 0 Å². The van der Waals surface area contributed by atoms with Crippen LogP contribution in [-0.2, 0) is 0 Å². The van der Waals surface area contributed by atoms with E-state index in [2.05, 4.69) is 22.2 Å². The van der Waals surface area contributed by atoms with Crippen LogP contribution in [0, 0.1) is 5.92 Å². The fourth-order valence-corrected chi connectivity index (χ4v) is 2.17. The van der Waals surface area contributed by atoms with Gasteiger partial charge in [-0.3, -0.25) is 9.97 Å². The van der Waals surface area contributed by atoms with E-state index in [1.165, 1.54) is 25.0 Å². The minimum Gasteiger partial charge on any atom is -0.316 e. The van der Waals surface area contributed by atoms with Crippen molar-refractivity contribution in [1.29, 1.82) is 0 Å². The van der Waals surface area contributed by atoms with Gasteiger partial charge in [0.25, 0.3) is 0 Å². The Morgan fingerprint density at radius 1 is 1.40 bits per heavy atom. The van der Waals surface area contributed by atoms with Gasteiger partial charge in [0.15, 0.2) is 0 Å². The molecule has 1 heterocycles. The Morgan fingerprint density at radius 3 is 2.93 bits per heavy atom. The largest absolute Gasteiger partial charge is 0.316 e. The molecular formula is C12H19N3. The van der Waals surface area contributed by atoms with Gasteiger partial charge in [-0.25, -0.2) is 0 Å². The molecule has 1 fully saturated rings. The summed E-state index contributed by atoms with van der Waals surface area (Å²) in [4.78, 5) is 8.52. The van der Waals surface area contributed by atoms with Crippen LogP contribution in [0.2, 0.25) is 0 Å². The molecule has 2 rings (SSSR count). The molecule has 0 bridgehead atoms. The topological polar surface area (TPSA) is 37.8 Å². The lowest BCUT2D eigenvalue weighted by molar-refractivity contribution is 0.241. The van der Waals surface area contributed by atoms with E-state index in [1.54, 1.807) is 12.4 Å². The van der Waals surface area contributed by atoms with Gasteiger partial charge in [0.1, 0.15) is 0 Å². The summed E-state index contributed by atoms with van der Waals surface area (Å²) >= 11 is 0. The normalized spacial score (nSPS) is 24.9. The molecule has 0 amide bonds. The fraction of sp³-hybridized carbons (Fsp3) is 0.667. The summed E-state index contributed by atoms with van der Waals surface area (Å²) in [6, 6.07) is 0. The minimum atomic E-state index is 0.642. The van der Waals surface area contributed by atoms with Crippen molar-refractivity contribution in [3.05, 3.63) is 24.3 Å². The lowest BCUT2D eigenvalue weighted by Crippen LogP contribution is -2.34. The molecule has 1 aromatic heterocycles. The van der Waals surface area contributed by atoms with Crippen molar-refractivity contribution in [2.45, 2.75) is 32.1 Å². The molecule has 1 N–H and O–H groups in total. The molecule has 0 saturated heterocycles. The average Bonchev–Trinajstić information content (AvgIpc) is 2.24. The van der Waals surface area contributed by atoms with Crippen molar-refractivity contribution in [2.24, 2.45) is 5.92 Å². The van der Waals surface area contributed by atoms with E-state index in [9.17, 15) is 0 Å². The second-order valence-electron chi connectivity index (χ2n) is 4.28. The zero-order valence-corrected chi connectivity index (χ0v) is 9.32. The summed E-state index contributed by atoms with van der Waals surface area (Å²) in [7, 11) is 0. The first-order valence-electron chi connectivity index (χ1n) is 5.88. The average molecular weight is 205 g/mol. The Bertz CT molecular complexity index is 286. The van der Waals surface area contributed by atoms with Gasteiger partial charge in [-0.05, 0) is 38.3 Å². The summed E-state index contributed by atoms with van der Waals surface area (Å²) in [5.41, 5.74) is 1.17. The van der Waals surface area contributed by atoms with Crippen molar-refractivity contribution in [1.82, 2.24) is 15.3 Å². The Labute approximate surface area is 91.3 Å². The van der Waals surface area contributed by atoms with Gasteiger partial charge in [-0.1, -0.05) is 6.92 Å². The zero-order chi connectivity index (χ0) is 10.5. The standard InChI is InChI=1S/C12H19N3/c1-2-5-13-8-10-3-4-11(10)12-9-14-6-7-15-12/h6-7,9-11,13H,2-5,8H2,1H3. The van der Waals surface area contributed by atoms with Gasteiger partial charge in [-0.2, -0.15) is 0 Å². The van der Waals surface area contributed by atoms with Crippen LogP contribution in [0.4, 0.5) is 0 Å². The first kappa shape index (κ1) is 10.6. The van der Waals surface area contributed by atoms with E-state index in [0.717, 1.165) is 19.0 Å². The van der Waals surface area contributed by atoms with Crippen LogP contribution < -0.4 is 5.32 Å². The fourth-order valence-electron chi connectivity index (χ4n) is 2.17. The molecule has 1 aliphatic rings. The molecule has 0 radical (unpaired) electrons. The van der Waals surface area contributed by atoms with Crippen LogP contribution >= 0.6 is 0 Å². The molecule has 0 aromatic carbocycles. The molecule has 3 nitrogen and oxygen atoms in total. The summed E-state index contributed by atoms with van der Waals surface area (Å²) < 4.78 is 0. The lowest BCUT2D eigenvalue weighted by Gasteiger charge is -2.36. The Morgan fingerprint density at radius 2 is 2.33 bits per heavy atom. The first-order chi connectivity index (χ1) is 7.42. The van der Waals surface area contributed by atoms with Crippen LogP contribution in [-0.4, -0.2) is 23.1 Å². The Balaban J connectivity index is 1.84. The van der Waals surface area contributed by atoms with Crippen molar-refractivity contribution in [2.75, 3.05) is 13.1 Å². The van der Waals surface area contributed by atoms with Crippen LogP contribution in [0.5, 0.6) is 0 Å². The molecule has 0 spiro atoms. The molecule has 82 valence electrons. The summed E-state index contributed by atoms with van der Waals surface area (Å²) in [6.07, 6.45) is 9.27. The second-order valence-corrected chi connectivity index (χ2v) is 4.28.